The third-order valence-corrected chi connectivity index (χ3v) is 2.00. The third-order valence-electron chi connectivity index (χ3n) is 1.69. The van der Waals surface area contributed by atoms with Crippen molar-refractivity contribution in [2.24, 2.45) is 5.92 Å². The largest absolute Gasteiger partial charge is 0.481 e. The molecule has 0 aromatic rings. The van der Waals surface area contributed by atoms with Gasteiger partial charge in [-0.25, -0.2) is 0 Å². The molecular weight excluding hydrogens is 140 g/mol. The predicted molar refractivity (Wildman–Crippen MR) is 34.6 cm³/mol. The van der Waals surface area contributed by atoms with Gasteiger partial charge in [0.05, 0.1) is 5.92 Å². The highest BCUT2D eigenvalue weighted by Crippen LogP contribution is 2.42. The van der Waals surface area contributed by atoms with Crippen molar-refractivity contribution in [2.75, 3.05) is 0 Å². The van der Waals surface area contributed by atoms with Gasteiger partial charge in [-0.2, -0.15) is 0 Å². The van der Waals surface area contributed by atoms with Crippen molar-refractivity contribution in [3.63, 3.8) is 0 Å². The number of aliphatic carboxylic acids is 1. The summed E-state index contributed by atoms with van der Waals surface area (Å²) in [5.41, 5.74) is 0. The van der Waals surface area contributed by atoms with Gasteiger partial charge in [0.1, 0.15) is 0 Å². The zero-order chi connectivity index (χ0) is 7.07. The molecule has 1 rings (SSSR count). The summed E-state index contributed by atoms with van der Waals surface area (Å²) in [6.45, 7) is 1.87. The Morgan fingerprint density at radius 3 is 2.33 bits per heavy atom. The van der Waals surface area contributed by atoms with Gasteiger partial charge in [-0.3, -0.25) is 4.79 Å². The van der Waals surface area contributed by atoms with Crippen LogP contribution in [-0.2, 0) is 4.79 Å². The fourth-order valence-electron chi connectivity index (χ4n) is 1.14. The number of alkyl halides is 1. The van der Waals surface area contributed by atoms with Crippen molar-refractivity contribution in [3.05, 3.63) is 0 Å². The lowest BCUT2D eigenvalue weighted by atomic mass is 9.75. The Kier molecular flexibility index (Phi) is 1.43. The summed E-state index contributed by atoms with van der Waals surface area (Å²) < 4.78 is 0. The second kappa shape index (κ2) is 1.87. The van der Waals surface area contributed by atoms with Gasteiger partial charge in [-0.15, -0.1) is 11.6 Å². The van der Waals surface area contributed by atoms with Crippen LogP contribution >= 0.6 is 11.6 Å². The molecule has 1 fully saturated rings. The molecule has 1 aliphatic rings. The summed E-state index contributed by atoms with van der Waals surface area (Å²) in [6.07, 6.45) is 1.23. The minimum atomic E-state index is -0.715. The van der Waals surface area contributed by atoms with Crippen LogP contribution in [0, 0.1) is 5.92 Å². The second-order valence-corrected chi connectivity index (χ2v) is 3.77. The predicted octanol–water partition coefficient (Wildman–Crippen LogP) is 1.48. The van der Waals surface area contributed by atoms with Crippen LogP contribution in [0.2, 0.25) is 0 Å². The number of halogens is 1. The van der Waals surface area contributed by atoms with Gasteiger partial charge in [0.25, 0.3) is 0 Å². The van der Waals surface area contributed by atoms with Crippen LogP contribution in [0.1, 0.15) is 19.8 Å². The van der Waals surface area contributed by atoms with Crippen LogP contribution < -0.4 is 0 Å². The Balaban J connectivity index is 2.35. The molecule has 1 saturated carbocycles. The van der Waals surface area contributed by atoms with E-state index in [4.69, 9.17) is 16.7 Å². The Hall–Kier alpha value is -0.240. The van der Waals surface area contributed by atoms with Crippen molar-refractivity contribution < 1.29 is 9.90 Å². The van der Waals surface area contributed by atoms with E-state index in [-0.39, 0.29) is 10.8 Å². The van der Waals surface area contributed by atoms with Crippen LogP contribution in [0.4, 0.5) is 0 Å². The molecule has 3 heteroatoms. The molecule has 0 aromatic heterocycles. The van der Waals surface area contributed by atoms with E-state index in [1.807, 2.05) is 6.92 Å². The summed E-state index contributed by atoms with van der Waals surface area (Å²) in [4.78, 5) is 9.98. The second-order valence-electron chi connectivity index (χ2n) is 2.86. The average Bonchev–Trinajstić information content (AvgIpc) is 1.59. The van der Waals surface area contributed by atoms with Crippen LogP contribution in [0.25, 0.3) is 0 Å². The molecule has 0 aliphatic heterocycles. The molecular formula is C6H9ClO2. The smallest absolute Gasteiger partial charge is 0.306 e. The van der Waals surface area contributed by atoms with E-state index in [0.717, 1.165) is 0 Å². The van der Waals surface area contributed by atoms with Gasteiger partial charge in [0.2, 0.25) is 0 Å². The number of carboxylic acid groups (broad SMARTS) is 1. The van der Waals surface area contributed by atoms with Crippen molar-refractivity contribution in [3.8, 4) is 0 Å². The van der Waals surface area contributed by atoms with E-state index in [9.17, 15) is 4.79 Å². The fraction of sp³-hybridized carbons (Fsp3) is 0.833. The van der Waals surface area contributed by atoms with E-state index in [2.05, 4.69) is 0 Å². The highest BCUT2D eigenvalue weighted by molar-refractivity contribution is 6.24. The first-order valence-electron chi connectivity index (χ1n) is 2.93. The third kappa shape index (κ3) is 1.36. The first kappa shape index (κ1) is 6.87. The lowest BCUT2D eigenvalue weighted by Gasteiger charge is -2.37. The molecule has 0 unspecified atom stereocenters. The average molecular weight is 149 g/mol. The normalized spacial score (nSPS) is 41.8. The standard InChI is InChI=1S/C6H9ClO2/c1-6(7)2-4(3-6)5(8)9/h4H,2-3H2,1H3,(H,8,9). The van der Waals surface area contributed by atoms with Gasteiger partial charge in [-0.05, 0) is 19.8 Å². The van der Waals surface area contributed by atoms with Gasteiger partial charge in [0, 0.05) is 4.87 Å². The Morgan fingerprint density at radius 2 is 2.22 bits per heavy atom. The zero-order valence-electron chi connectivity index (χ0n) is 5.22. The molecule has 0 aromatic carbocycles. The van der Waals surface area contributed by atoms with E-state index in [0.29, 0.717) is 12.8 Å². The SMILES string of the molecule is CC1(Cl)CC(C(=O)O)C1. The Bertz CT molecular complexity index is 134. The molecule has 2 nitrogen and oxygen atoms in total. The molecule has 9 heavy (non-hydrogen) atoms. The van der Waals surface area contributed by atoms with Crippen molar-refractivity contribution in [1.82, 2.24) is 0 Å². The number of carbonyl (C=O) groups is 1. The fourth-order valence-corrected chi connectivity index (χ4v) is 1.51. The molecule has 52 valence electrons. The van der Waals surface area contributed by atoms with Gasteiger partial charge in [0.15, 0.2) is 0 Å². The first-order chi connectivity index (χ1) is 4.01. The van der Waals surface area contributed by atoms with Crippen molar-refractivity contribution in [2.45, 2.75) is 24.6 Å². The quantitative estimate of drug-likeness (QED) is 0.572. The molecule has 1 N–H and O–H groups in total. The van der Waals surface area contributed by atoms with E-state index >= 15 is 0 Å². The zero-order valence-corrected chi connectivity index (χ0v) is 5.98. The Labute approximate surface area is 58.8 Å². The van der Waals surface area contributed by atoms with Gasteiger partial charge >= 0.3 is 5.97 Å². The minimum absolute atomic E-state index is 0.188. The molecule has 0 radical (unpaired) electrons. The van der Waals surface area contributed by atoms with Crippen LogP contribution in [0.3, 0.4) is 0 Å². The summed E-state index contributed by atoms with van der Waals surface area (Å²) in [5.74, 6) is -0.902. The first-order valence-corrected chi connectivity index (χ1v) is 3.31. The molecule has 0 bridgehead atoms. The van der Waals surface area contributed by atoms with Crippen LogP contribution in [0.5, 0.6) is 0 Å². The summed E-state index contributed by atoms with van der Waals surface area (Å²) >= 11 is 5.78. The van der Waals surface area contributed by atoms with Crippen molar-refractivity contribution in [1.29, 1.82) is 0 Å². The van der Waals surface area contributed by atoms with Crippen LogP contribution in [-0.4, -0.2) is 16.0 Å². The van der Waals surface area contributed by atoms with E-state index < -0.39 is 5.97 Å². The molecule has 0 amide bonds. The number of carboxylic acids is 1. The number of hydrogen-bond acceptors (Lipinski definition) is 1. The maximum atomic E-state index is 10.2. The summed E-state index contributed by atoms with van der Waals surface area (Å²) in [5, 5.41) is 8.41. The van der Waals surface area contributed by atoms with Crippen LogP contribution in [0.15, 0.2) is 0 Å². The molecule has 1 aliphatic carbocycles. The summed E-state index contributed by atoms with van der Waals surface area (Å²) in [7, 11) is 0. The maximum Gasteiger partial charge on any atom is 0.306 e. The molecule has 0 saturated heterocycles. The van der Waals surface area contributed by atoms with Crippen molar-refractivity contribution >= 4 is 17.6 Å². The van der Waals surface area contributed by atoms with E-state index in [1.54, 1.807) is 0 Å². The molecule has 0 atom stereocenters. The highest BCUT2D eigenvalue weighted by Gasteiger charge is 2.42. The lowest BCUT2D eigenvalue weighted by molar-refractivity contribution is -0.145. The minimum Gasteiger partial charge on any atom is -0.481 e. The maximum absolute atomic E-state index is 10.2. The monoisotopic (exact) mass is 148 g/mol. The number of hydrogen-bond donors (Lipinski definition) is 1. The Morgan fingerprint density at radius 1 is 1.78 bits per heavy atom. The van der Waals surface area contributed by atoms with Gasteiger partial charge < -0.3 is 5.11 Å². The lowest BCUT2D eigenvalue weighted by Crippen LogP contribution is -2.39. The number of rotatable bonds is 1. The molecule has 0 spiro atoms. The summed E-state index contributed by atoms with van der Waals surface area (Å²) in [6, 6.07) is 0. The molecule has 0 heterocycles. The van der Waals surface area contributed by atoms with Gasteiger partial charge in [-0.1, -0.05) is 0 Å². The highest BCUT2D eigenvalue weighted by atomic mass is 35.5. The van der Waals surface area contributed by atoms with E-state index in [1.165, 1.54) is 0 Å². The topological polar surface area (TPSA) is 37.3 Å².